The summed E-state index contributed by atoms with van der Waals surface area (Å²) < 4.78 is 4.77. The Morgan fingerprint density at radius 3 is 2.68 bits per heavy atom. The number of thiophene rings is 1. The van der Waals surface area contributed by atoms with Gasteiger partial charge in [0.2, 0.25) is 0 Å². The monoisotopic (exact) mass is 357 g/mol. The van der Waals surface area contributed by atoms with E-state index < -0.39 is 5.97 Å². The van der Waals surface area contributed by atoms with Crippen LogP contribution < -0.4 is 5.56 Å². The van der Waals surface area contributed by atoms with Crippen LogP contribution in [-0.2, 0) is 17.8 Å². The molecule has 7 heteroatoms. The molecule has 0 spiro atoms. The quantitative estimate of drug-likeness (QED) is 0.711. The maximum absolute atomic E-state index is 12.4. The van der Waals surface area contributed by atoms with E-state index in [2.05, 4.69) is 27.0 Å². The number of nitrogens with one attached hydrogen (secondary N) is 1. The van der Waals surface area contributed by atoms with Crippen LogP contribution in [0, 0.1) is 6.92 Å². The second-order valence-electron chi connectivity index (χ2n) is 5.90. The van der Waals surface area contributed by atoms with Gasteiger partial charge < -0.3 is 9.72 Å². The normalized spacial score (nSPS) is 11.2. The van der Waals surface area contributed by atoms with Crippen molar-refractivity contribution in [2.24, 2.45) is 0 Å². The topological polar surface area (TPSA) is 75.3 Å². The van der Waals surface area contributed by atoms with Crippen molar-refractivity contribution >= 4 is 27.5 Å². The van der Waals surface area contributed by atoms with Crippen LogP contribution in [0.3, 0.4) is 0 Å². The standard InChI is InChI=1S/C18H19N3O3S/c1-11-14-16(22)19-13(20-17(14)25-15(11)18(23)24-3)10-21(2)9-12-7-5-4-6-8-12/h4-8H,9-10H2,1-3H3,(H,19,20,22). The second-order valence-corrected chi connectivity index (χ2v) is 6.90. The third-order valence-corrected chi connectivity index (χ3v) is 5.10. The van der Waals surface area contributed by atoms with E-state index in [9.17, 15) is 9.59 Å². The van der Waals surface area contributed by atoms with Crippen molar-refractivity contribution in [2.75, 3.05) is 14.2 Å². The van der Waals surface area contributed by atoms with Crippen LogP contribution in [0.2, 0.25) is 0 Å². The predicted octanol–water partition coefficient (Wildman–Crippen LogP) is 2.71. The van der Waals surface area contributed by atoms with Crippen molar-refractivity contribution in [3.63, 3.8) is 0 Å². The Hall–Kier alpha value is -2.51. The molecular formula is C18H19N3O3S. The van der Waals surface area contributed by atoms with Crippen LogP contribution >= 0.6 is 11.3 Å². The molecule has 2 aromatic heterocycles. The van der Waals surface area contributed by atoms with E-state index in [0.29, 0.717) is 33.0 Å². The zero-order chi connectivity index (χ0) is 18.0. The Kier molecular flexibility index (Phi) is 4.96. The van der Waals surface area contributed by atoms with Crippen molar-refractivity contribution < 1.29 is 9.53 Å². The van der Waals surface area contributed by atoms with E-state index in [1.54, 1.807) is 6.92 Å². The molecule has 0 amide bonds. The number of ether oxygens (including phenoxy) is 1. The molecule has 0 saturated carbocycles. The number of rotatable bonds is 5. The highest BCUT2D eigenvalue weighted by atomic mass is 32.1. The molecule has 1 N–H and O–H groups in total. The number of carbonyl (C=O) groups is 1. The van der Waals surface area contributed by atoms with Crippen molar-refractivity contribution in [1.82, 2.24) is 14.9 Å². The van der Waals surface area contributed by atoms with Gasteiger partial charge in [-0.05, 0) is 25.1 Å². The maximum Gasteiger partial charge on any atom is 0.348 e. The first-order valence-electron chi connectivity index (χ1n) is 7.82. The van der Waals surface area contributed by atoms with Crippen LogP contribution in [0.5, 0.6) is 0 Å². The molecule has 0 saturated heterocycles. The molecule has 6 nitrogen and oxygen atoms in total. The first-order chi connectivity index (χ1) is 12.0. The number of nitrogens with zero attached hydrogens (tertiary/aromatic N) is 2. The zero-order valence-corrected chi connectivity index (χ0v) is 15.1. The van der Waals surface area contributed by atoms with Gasteiger partial charge in [0, 0.05) is 6.54 Å². The molecule has 130 valence electrons. The van der Waals surface area contributed by atoms with E-state index in [-0.39, 0.29) is 5.56 Å². The van der Waals surface area contributed by atoms with Gasteiger partial charge in [-0.3, -0.25) is 9.69 Å². The molecule has 0 aliphatic heterocycles. The van der Waals surface area contributed by atoms with Gasteiger partial charge in [0.05, 0.1) is 19.0 Å². The summed E-state index contributed by atoms with van der Waals surface area (Å²) in [7, 11) is 3.30. The van der Waals surface area contributed by atoms with Crippen LogP contribution in [0.1, 0.15) is 26.6 Å². The molecule has 0 aliphatic carbocycles. The van der Waals surface area contributed by atoms with Gasteiger partial charge in [-0.1, -0.05) is 30.3 Å². The number of aromatic nitrogens is 2. The van der Waals surface area contributed by atoms with Gasteiger partial charge in [-0.25, -0.2) is 9.78 Å². The number of methoxy groups -OCH3 is 1. The fourth-order valence-corrected chi connectivity index (χ4v) is 3.88. The van der Waals surface area contributed by atoms with Crippen LogP contribution in [0.4, 0.5) is 0 Å². The number of hydrogen-bond donors (Lipinski definition) is 1. The van der Waals surface area contributed by atoms with E-state index in [0.717, 1.165) is 6.54 Å². The van der Waals surface area contributed by atoms with Crippen LogP contribution in [-0.4, -0.2) is 35.0 Å². The van der Waals surface area contributed by atoms with E-state index in [1.807, 2.05) is 25.2 Å². The van der Waals surface area contributed by atoms with Gasteiger partial charge in [-0.15, -0.1) is 11.3 Å². The number of H-pyrrole nitrogens is 1. The lowest BCUT2D eigenvalue weighted by Gasteiger charge is -2.15. The highest BCUT2D eigenvalue weighted by Gasteiger charge is 2.19. The fourth-order valence-electron chi connectivity index (χ4n) is 2.76. The summed E-state index contributed by atoms with van der Waals surface area (Å²) in [5.74, 6) is 0.135. The summed E-state index contributed by atoms with van der Waals surface area (Å²) in [6, 6.07) is 10.1. The Bertz CT molecular complexity index is 963. The van der Waals surface area contributed by atoms with Crippen LogP contribution in [0.25, 0.3) is 10.2 Å². The average Bonchev–Trinajstić information content (AvgIpc) is 2.92. The summed E-state index contributed by atoms with van der Waals surface area (Å²) in [5.41, 5.74) is 1.58. The minimum absolute atomic E-state index is 0.225. The molecule has 1 aromatic carbocycles. The molecule has 3 rings (SSSR count). The van der Waals surface area contributed by atoms with E-state index >= 15 is 0 Å². The van der Waals surface area contributed by atoms with Gasteiger partial charge in [0.25, 0.3) is 5.56 Å². The van der Waals surface area contributed by atoms with Crippen LogP contribution in [0.15, 0.2) is 35.1 Å². The number of benzene rings is 1. The summed E-state index contributed by atoms with van der Waals surface area (Å²) in [4.78, 5) is 34.7. The summed E-state index contributed by atoms with van der Waals surface area (Å²) in [6.45, 7) is 2.99. The first-order valence-corrected chi connectivity index (χ1v) is 8.64. The fraction of sp³-hybridized carbons (Fsp3) is 0.278. The number of aromatic amines is 1. The maximum atomic E-state index is 12.4. The minimum atomic E-state index is -0.442. The second kappa shape index (κ2) is 7.16. The Morgan fingerprint density at radius 2 is 2.00 bits per heavy atom. The van der Waals surface area contributed by atoms with Crippen molar-refractivity contribution in [1.29, 1.82) is 0 Å². The van der Waals surface area contributed by atoms with Gasteiger partial charge in [-0.2, -0.15) is 0 Å². The minimum Gasteiger partial charge on any atom is -0.465 e. The number of fused-ring (bicyclic) bond motifs is 1. The summed E-state index contributed by atoms with van der Waals surface area (Å²) >= 11 is 1.19. The highest BCUT2D eigenvalue weighted by molar-refractivity contribution is 7.20. The molecule has 0 atom stereocenters. The van der Waals surface area contributed by atoms with Gasteiger partial charge in [0.1, 0.15) is 15.5 Å². The van der Waals surface area contributed by atoms with Crippen molar-refractivity contribution in [3.8, 4) is 0 Å². The Morgan fingerprint density at radius 1 is 1.28 bits per heavy atom. The molecule has 25 heavy (non-hydrogen) atoms. The molecule has 0 radical (unpaired) electrons. The molecule has 0 bridgehead atoms. The number of aryl methyl sites for hydroxylation is 1. The summed E-state index contributed by atoms with van der Waals surface area (Å²) in [5, 5.41) is 0.458. The number of esters is 1. The molecule has 3 aromatic rings. The third-order valence-electron chi connectivity index (χ3n) is 3.94. The van der Waals surface area contributed by atoms with Crippen molar-refractivity contribution in [3.05, 3.63) is 62.5 Å². The summed E-state index contributed by atoms with van der Waals surface area (Å²) in [6.07, 6.45) is 0. The molecule has 0 aliphatic rings. The molecule has 2 heterocycles. The lowest BCUT2D eigenvalue weighted by atomic mass is 10.2. The van der Waals surface area contributed by atoms with Gasteiger partial charge >= 0.3 is 5.97 Å². The van der Waals surface area contributed by atoms with E-state index in [4.69, 9.17) is 4.74 Å². The average molecular weight is 357 g/mol. The van der Waals surface area contributed by atoms with E-state index in [1.165, 1.54) is 24.0 Å². The lowest BCUT2D eigenvalue weighted by Crippen LogP contribution is -2.21. The SMILES string of the molecule is COC(=O)c1sc2nc(CN(C)Cc3ccccc3)[nH]c(=O)c2c1C. The Labute approximate surface area is 149 Å². The lowest BCUT2D eigenvalue weighted by molar-refractivity contribution is 0.0605. The smallest absolute Gasteiger partial charge is 0.348 e. The first kappa shape index (κ1) is 17.3. The number of hydrogen-bond acceptors (Lipinski definition) is 6. The largest absolute Gasteiger partial charge is 0.465 e. The number of carbonyl (C=O) groups excluding carboxylic acids is 1. The molecule has 0 fully saturated rings. The predicted molar refractivity (Wildman–Crippen MR) is 97.9 cm³/mol. The Balaban J connectivity index is 1.88. The molecular weight excluding hydrogens is 338 g/mol. The third kappa shape index (κ3) is 3.62. The molecule has 0 unspecified atom stereocenters. The van der Waals surface area contributed by atoms with Crippen molar-refractivity contribution in [2.45, 2.75) is 20.0 Å². The zero-order valence-electron chi connectivity index (χ0n) is 14.3. The van der Waals surface area contributed by atoms with Gasteiger partial charge in [0.15, 0.2) is 0 Å². The highest BCUT2D eigenvalue weighted by Crippen LogP contribution is 2.27.